The van der Waals surface area contributed by atoms with Crippen LogP contribution < -0.4 is 5.32 Å². The molecule has 1 aliphatic carbocycles. The van der Waals surface area contributed by atoms with Gasteiger partial charge >= 0.3 is 0 Å². The number of hydrogen-bond donors (Lipinski definition) is 1. The molecule has 19 heavy (non-hydrogen) atoms. The summed E-state index contributed by atoms with van der Waals surface area (Å²) in [7, 11) is 0. The molecule has 1 aliphatic rings. The van der Waals surface area contributed by atoms with E-state index in [1.54, 1.807) is 0 Å². The lowest BCUT2D eigenvalue weighted by atomic mass is 9.73. The fourth-order valence-corrected chi connectivity index (χ4v) is 3.23. The number of hydrogen-bond acceptors (Lipinski definition) is 1. The van der Waals surface area contributed by atoms with E-state index in [0.717, 1.165) is 0 Å². The summed E-state index contributed by atoms with van der Waals surface area (Å²) in [5.74, 6) is 0. The maximum atomic E-state index is 3.87. The Labute approximate surface area is 118 Å². The Morgan fingerprint density at radius 2 is 1.89 bits per heavy atom. The largest absolute Gasteiger partial charge is 0.307 e. The summed E-state index contributed by atoms with van der Waals surface area (Å²) < 4.78 is 0. The lowest BCUT2D eigenvalue weighted by Crippen LogP contribution is -2.45. The highest BCUT2D eigenvalue weighted by Gasteiger charge is 2.32. The molecule has 0 saturated heterocycles. The van der Waals surface area contributed by atoms with E-state index in [1.807, 2.05) is 0 Å². The van der Waals surface area contributed by atoms with E-state index in [1.165, 1.54) is 42.4 Å². The van der Waals surface area contributed by atoms with Crippen molar-refractivity contribution in [1.82, 2.24) is 5.32 Å². The Hall–Kier alpha value is -0.820. The molecule has 0 bridgehead atoms. The molecule has 0 aliphatic heterocycles. The molecule has 1 nitrogen and oxygen atoms in total. The summed E-state index contributed by atoms with van der Waals surface area (Å²) in [4.78, 5) is 0. The van der Waals surface area contributed by atoms with Gasteiger partial charge in [0.2, 0.25) is 0 Å². The monoisotopic (exact) mass is 259 g/mol. The Balaban J connectivity index is 2.07. The molecule has 2 atom stereocenters. The van der Waals surface area contributed by atoms with Crippen molar-refractivity contribution in [3.05, 3.63) is 34.9 Å². The number of benzene rings is 1. The lowest BCUT2D eigenvalue weighted by Gasteiger charge is -2.41. The van der Waals surface area contributed by atoms with Crippen molar-refractivity contribution >= 4 is 0 Å². The summed E-state index contributed by atoms with van der Waals surface area (Å²) in [6.07, 6.45) is 5.44. The van der Waals surface area contributed by atoms with Gasteiger partial charge in [0.25, 0.3) is 0 Å². The van der Waals surface area contributed by atoms with Gasteiger partial charge < -0.3 is 5.32 Å². The van der Waals surface area contributed by atoms with Crippen molar-refractivity contribution in [2.75, 3.05) is 0 Å². The topological polar surface area (TPSA) is 12.0 Å². The summed E-state index contributed by atoms with van der Waals surface area (Å²) >= 11 is 0. The van der Waals surface area contributed by atoms with Gasteiger partial charge in [-0.05, 0) is 55.7 Å². The van der Waals surface area contributed by atoms with Crippen LogP contribution in [0.3, 0.4) is 0 Å². The first-order valence-corrected chi connectivity index (χ1v) is 7.73. The van der Waals surface area contributed by atoms with Crippen molar-refractivity contribution in [2.24, 2.45) is 5.41 Å². The lowest BCUT2D eigenvalue weighted by molar-refractivity contribution is 0.157. The predicted molar refractivity (Wildman–Crippen MR) is 83.5 cm³/mol. The van der Waals surface area contributed by atoms with Gasteiger partial charge in [-0.25, -0.2) is 0 Å². The van der Waals surface area contributed by atoms with E-state index in [9.17, 15) is 0 Å². The summed E-state index contributed by atoms with van der Waals surface area (Å²) in [5, 5.41) is 3.87. The Kier molecular flexibility index (Phi) is 4.35. The number of aryl methyl sites for hydroxylation is 2. The zero-order valence-electron chi connectivity index (χ0n) is 13.2. The summed E-state index contributed by atoms with van der Waals surface area (Å²) in [6.45, 7) is 11.5. The van der Waals surface area contributed by atoms with E-state index < -0.39 is 0 Å². The third-order valence-electron chi connectivity index (χ3n) is 4.99. The molecule has 0 aromatic heterocycles. The highest BCUT2D eigenvalue weighted by atomic mass is 15.0. The van der Waals surface area contributed by atoms with Crippen molar-refractivity contribution in [3.8, 4) is 0 Å². The fraction of sp³-hybridized carbons (Fsp3) is 0.667. The van der Waals surface area contributed by atoms with Crippen LogP contribution in [0.15, 0.2) is 18.2 Å². The zero-order valence-corrected chi connectivity index (χ0v) is 13.2. The minimum absolute atomic E-state index is 0.437. The molecule has 2 rings (SSSR count). The number of nitrogens with one attached hydrogen (secondary N) is 1. The SMILES string of the molecule is Cc1ccc(C(C)NC2CCCCC2(C)C)cc1C. The van der Waals surface area contributed by atoms with Crippen LogP contribution in [0.25, 0.3) is 0 Å². The molecule has 106 valence electrons. The standard InChI is InChI=1S/C18H29N/c1-13-9-10-16(12-14(13)2)15(3)19-17-8-6-7-11-18(17,4)5/h9-10,12,15,17,19H,6-8,11H2,1-5H3. The fourth-order valence-electron chi connectivity index (χ4n) is 3.23. The second-order valence-electron chi connectivity index (χ2n) is 7.02. The Morgan fingerprint density at radius 3 is 2.53 bits per heavy atom. The Morgan fingerprint density at radius 1 is 1.16 bits per heavy atom. The second-order valence-corrected chi connectivity index (χ2v) is 7.02. The molecule has 1 saturated carbocycles. The molecule has 1 aromatic carbocycles. The minimum Gasteiger partial charge on any atom is -0.307 e. The van der Waals surface area contributed by atoms with Gasteiger partial charge in [0.1, 0.15) is 0 Å². The van der Waals surface area contributed by atoms with Gasteiger partial charge in [-0.2, -0.15) is 0 Å². The molecule has 0 amide bonds. The maximum Gasteiger partial charge on any atom is 0.0294 e. The Bertz CT molecular complexity index is 433. The summed E-state index contributed by atoms with van der Waals surface area (Å²) in [6, 6.07) is 7.95. The minimum atomic E-state index is 0.437. The molecule has 0 radical (unpaired) electrons. The number of rotatable bonds is 3. The van der Waals surface area contributed by atoms with Crippen LogP contribution in [0.4, 0.5) is 0 Å². The first-order valence-electron chi connectivity index (χ1n) is 7.73. The van der Waals surface area contributed by atoms with E-state index >= 15 is 0 Å². The molecule has 0 spiro atoms. The van der Waals surface area contributed by atoms with Crippen molar-refractivity contribution < 1.29 is 0 Å². The van der Waals surface area contributed by atoms with Gasteiger partial charge in [-0.15, -0.1) is 0 Å². The van der Waals surface area contributed by atoms with E-state index in [2.05, 4.69) is 58.1 Å². The molecule has 1 N–H and O–H groups in total. The molecule has 2 unspecified atom stereocenters. The van der Waals surface area contributed by atoms with Crippen LogP contribution in [0.5, 0.6) is 0 Å². The van der Waals surface area contributed by atoms with Crippen LogP contribution in [0.1, 0.15) is 69.2 Å². The first-order chi connectivity index (χ1) is 8.90. The average molecular weight is 259 g/mol. The van der Waals surface area contributed by atoms with Crippen LogP contribution in [-0.2, 0) is 0 Å². The third-order valence-corrected chi connectivity index (χ3v) is 4.99. The van der Waals surface area contributed by atoms with Gasteiger partial charge in [0.05, 0.1) is 0 Å². The van der Waals surface area contributed by atoms with Crippen molar-refractivity contribution in [3.63, 3.8) is 0 Å². The zero-order chi connectivity index (χ0) is 14.0. The highest BCUT2D eigenvalue weighted by Crippen LogP contribution is 2.36. The molecule has 0 heterocycles. The molecular weight excluding hydrogens is 230 g/mol. The van der Waals surface area contributed by atoms with E-state index in [-0.39, 0.29) is 0 Å². The smallest absolute Gasteiger partial charge is 0.0294 e. The van der Waals surface area contributed by atoms with Crippen LogP contribution in [0, 0.1) is 19.3 Å². The van der Waals surface area contributed by atoms with Gasteiger partial charge in [0, 0.05) is 12.1 Å². The molecular formula is C18H29N. The first kappa shape index (κ1) is 14.6. The van der Waals surface area contributed by atoms with Crippen LogP contribution in [0.2, 0.25) is 0 Å². The predicted octanol–water partition coefficient (Wildman–Crippen LogP) is 4.92. The third kappa shape index (κ3) is 3.39. The maximum absolute atomic E-state index is 3.87. The van der Waals surface area contributed by atoms with E-state index in [0.29, 0.717) is 17.5 Å². The van der Waals surface area contributed by atoms with Gasteiger partial charge in [0.15, 0.2) is 0 Å². The average Bonchev–Trinajstić information content (AvgIpc) is 2.35. The normalized spacial score (nSPS) is 24.2. The van der Waals surface area contributed by atoms with Gasteiger partial charge in [-0.1, -0.05) is 44.9 Å². The van der Waals surface area contributed by atoms with Crippen LogP contribution >= 0.6 is 0 Å². The highest BCUT2D eigenvalue weighted by molar-refractivity contribution is 5.31. The molecule has 1 heteroatoms. The molecule has 1 fully saturated rings. The molecule has 1 aromatic rings. The van der Waals surface area contributed by atoms with Gasteiger partial charge in [-0.3, -0.25) is 0 Å². The van der Waals surface area contributed by atoms with E-state index in [4.69, 9.17) is 0 Å². The van der Waals surface area contributed by atoms with Crippen molar-refractivity contribution in [1.29, 1.82) is 0 Å². The quantitative estimate of drug-likeness (QED) is 0.812. The summed E-state index contributed by atoms with van der Waals surface area (Å²) in [5.41, 5.74) is 4.64. The second kappa shape index (κ2) is 5.66. The van der Waals surface area contributed by atoms with Crippen LogP contribution in [-0.4, -0.2) is 6.04 Å². The van der Waals surface area contributed by atoms with Crippen molar-refractivity contribution in [2.45, 2.75) is 72.4 Å².